The van der Waals surface area contributed by atoms with E-state index in [9.17, 15) is 0 Å². The van der Waals surface area contributed by atoms with E-state index in [4.69, 9.17) is 9.73 Å². The molecule has 0 atom stereocenters. The van der Waals surface area contributed by atoms with Gasteiger partial charge < -0.3 is 15.0 Å². The first kappa shape index (κ1) is 17.5. The highest BCUT2D eigenvalue weighted by Gasteiger charge is 2.21. The summed E-state index contributed by atoms with van der Waals surface area (Å²) in [6.07, 6.45) is 2.71. The summed E-state index contributed by atoms with van der Waals surface area (Å²) in [6, 6.07) is 0. The van der Waals surface area contributed by atoms with E-state index in [0.29, 0.717) is 0 Å². The zero-order valence-corrected chi connectivity index (χ0v) is 14.7. The molecule has 1 saturated heterocycles. The molecule has 5 heteroatoms. The van der Waals surface area contributed by atoms with Gasteiger partial charge in [0.15, 0.2) is 5.96 Å². The third-order valence-electron chi connectivity index (χ3n) is 4.18. The maximum atomic E-state index is 5.67. The molecule has 0 aromatic carbocycles. The van der Waals surface area contributed by atoms with Crippen molar-refractivity contribution >= 4 is 5.96 Å². The van der Waals surface area contributed by atoms with Gasteiger partial charge in [0.2, 0.25) is 0 Å². The lowest BCUT2D eigenvalue weighted by Crippen LogP contribution is -2.53. The van der Waals surface area contributed by atoms with E-state index in [1.165, 1.54) is 19.4 Å². The number of rotatable bonds is 8. The Labute approximate surface area is 136 Å². The predicted molar refractivity (Wildman–Crippen MR) is 92.4 cm³/mol. The summed E-state index contributed by atoms with van der Waals surface area (Å²) >= 11 is 0. The molecule has 0 amide bonds. The fraction of sp³-hybridized carbons (Fsp3) is 0.941. The van der Waals surface area contributed by atoms with E-state index in [1.54, 1.807) is 0 Å². The van der Waals surface area contributed by atoms with Crippen LogP contribution in [-0.2, 0) is 4.74 Å². The van der Waals surface area contributed by atoms with Gasteiger partial charge in [0.1, 0.15) is 0 Å². The fourth-order valence-corrected chi connectivity index (χ4v) is 2.84. The number of nitrogens with zero attached hydrogens (tertiary/aromatic N) is 3. The van der Waals surface area contributed by atoms with Gasteiger partial charge in [-0.15, -0.1) is 0 Å². The van der Waals surface area contributed by atoms with Crippen LogP contribution >= 0.6 is 0 Å². The Balaban J connectivity index is 1.70. The molecule has 0 radical (unpaired) electrons. The summed E-state index contributed by atoms with van der Waals surface area (Å²) in [4.78, 5) is 9.68. The summed E-state index contributed by atoms with van der Waals surface area (Å²) in [5.74, 6) is 2.64. The highest BCUT2D eigenvalue weighted by atomic mass is 16.5. The largest absolute Gasteiger partial charge is 0.379 e. The first-order valence-electron chi connectivity index (χ1n) is 9.02. The molecule has 0 aromatic heterocycles. The second kappa shape index (κ2) is 9.36. The minimum Gasteiger partial charge on any atom is -0.379 e. The Morgan fingerprint density at radius 3 is 2.55 bits per heavy atom. The van der Waals surface area contributed by atoms with Crippen molar-refractivity contribution in [3.05, 3.63) is 0 Å². The number of guanidine groups is 1. The number of hydrogen-bond donors (Lipinski definition) is 1. The van der Waals surface area contributed by atoms with Crippen molar-refractivity contribution in [1.29, 1.82) is 0 Å². The lowest BCUT2D eigenvalue weighted by atomic mass is 10.2. The predicted octanol–water partition coefficient (Wildman–Crippen LogP) is 1.65. The van der Waals surface area contributed by atoms with Gasteiger partial charge in [0, 0.05) is 45.9 Å². The smallest absolute Gasteiger partial charge is 0.194 e. The van der Waals surface area contributed by atoms with Gasteiger partial charge in [0.05, 0.1) is 13.2 Å². The zero-order valence-electron chi connectivity index (χ0n) is 14.7. The van der Waals surface area contributed by atoms with Crippen LogP contribution in [0.2, 0.25) is 0 Å². The topological polar surface area (TPSA) is 40.1 Å². The second-order valence-corrected chi connectivity index (χ2v) is 6.94. The van der Waals surface area contributed by atoms with Gasteiger partial charge in [-0.25, -0.2) is 0 Å². The van der Waals surface area contributed by atoms with Crippen molar-refractivity contribution in [1.82, 2.24) is 15.1 Å². The van der Waals surface area contributed by atoms with Crippen molar-refractivity contribution in [3.63, 3.8) is 0 Å². The van der Waals surface area contributed by atoms with Crippen LogP contribution in [0.15, 0.2) is 4.99 Å². The molecule has 2 fully saturated rings. The summed E-state index contributed by atoms with van der Waals surface area (Å²) in [6.45, 7) is 15.7. The molecule has 1 aliphatic heterocycles. The van der Waals surface area contributed by atoms with Crippen LogP contribution in [0.5, 0.6) is 0 Å². The zero-order chi connectivity index (χ0) is 15.8. The molecule has 0 unspecified atom stereocenters. The van der Waals surface area contributed by atoms with Gasteiger partial charge in [-0.2, -0.15) is 0 Å². The monoisotopic (exact) mass is 310 g/mol. The summed E-state index contributed by atoms with van der Waals surface area (Å²) < 4.78 is 5.67. The molecule has 0 aromatic rings. The Bertz CT molecular complexity index is 334. The number of nitrogens with one attached hydrogen (secondary N) is 1. The molecule has 0 bridgehead atoms. The summed E-state index contributed by atoms with van der Waals surface area (Å²) in [5.41, 5.74) is 0. The number of aliphatic imine (C=N–C) groups is 1. The van der Waals surface area contributed by atoms with Crippen LogP contribution in [0.4, 0.5) is 0 Å². The Morgan fingerprint density at radius 2 is 1.95 bits per heavy atom. The minimum atomic E-state index is 0.747. The lowest BCUT2D eigenvalue weighted by Gasteiger charge is -2.37. The molecule has 1 aliphatic carbocycles. The molecule has 2 aliphatic rings. The van der Waals surface area contributed by atoms with Crippen LogP contribution in [0, 0.1) is 11.8 Å². The van der Waals surface area contributed by atoms with Crippen LogP contribution in [0.25, 0.3) is 0 Å². The third-order valence-corrected chi connectivity index (χ3v) is 4.18. The van der Waals surface area contributed by atoms with Crippen LogP contribution in [0.3, 0.4) is 0 Å². The maximum Gasteiger partial charge on any atom is 0.194 e. The molecule has 0 spiro atoms. The number of piperazine rings is 1. The van der Waals surface area contributed by atoms with Gasteiger partial charge >= 0.3 is 0 Å². The van der Waals surface area contributed by atoms with Gasteiger partial charge in [0.25, 0.3) is 0 Å². The molecular weight excluding hydrogens is 276 g/mol. The summed E-state index contributed by atoms with van der Waals surface area (Å²) in [7, 11) is 0. The first-order valence-corrected chi connectivity index (χ1v) is 9.02. The van der Waals surface area contributed by atoms with E-state index in [-0.39, 0.29) is 0 Å². The number of ether oxygens (including phenoxy) is 1. The standard InChI is InChI=1S/C17H34N4O/c1-4-18-17(19-7-12-22-14-16-5-6-16)21-10-8-20(9-11-21)13-15(2)3/h15-16H,4-14H2,1-3H3,(H,18,19). The van der Waals surface area contributed by atoms with Crippen molar-refractivity contribution in [3.8, 4) is 0 Å². The van der Waals surface area contributed by atoms with Crippen LogP contribution in [0.1, 0.15) is 33.6 Å². The third kappa shape index (κ3) is 6.53. The average Bonchev–Trinajstić information content (AvgIpc) is 3.30. The van der Waals surface area contributed by atoms with Crippen LogP contribution in [-0.4, -0.2) is 74.8 Å². The minimum absolute atomic E-state index is 0.747. The van der Waals surface area contributed by atoms with E-state index >= 15 is 0 Å². The fourth-order valence-electron chi connectivity index (χ4n) is 2.84. The molecule has 128 valence electrons. The van der Waals surface area contributed by atoms with Crippen molar-refractivity contribution in [2.24, 2.45) is 16.8 Å². The molecule has 22 heavy (non-hydrogen) atoms. The first-order chi connectivity index (χ1) is 10.7. The Hall–Kier alpha value is -0.810. The number of hydrogen-bond acceptors (Lipinski definition) is 3. The highest BCUT2D eigenvalue weighted by Crippen LogP contribution is 2.28. The Kier molecular flexibility index (Phi) is 7.46. The van der Waals surface area contributed by atoms with Gasteiger partial charge in [-0.3, -0.25) is 9.89 Å². The van der Waals surface area contributed by atoms with E-state index in [1.807, 2.05) is 0 Å². The SMILES string of the molecule is CCNC(=NCCOCC1CC1)N1CCN(CC(C)C)CC1. The van der Waals surface area contributed by atoms with E-state index in [0.717, 1.165) is 70.3 Å². The lowest BCUT2D eigenvalue weighted by molar-refractivity contribution is 0.131. The maximum absolute atomic E-state index is 5.67. The van der Waals surface area contributed by atoms with Crippen molar-refractivity contribution < 1.29 is 4.74 Å². The molecule has 2 rings (SSSR count). The van der Waals surface area contributed by atoms with Crippen molar-refractivity contribution in [2.75, 3.05) is 59.0 Å². The second-order valence-electron chi connectivity index (χ2n) is 6.94. The van der Waals surface area contributed by atoms with E-state index in [2.05, 4.69) is 35.9 Å². The molecule has 1 N–H and O–H groups in total. The highest BCUT2D eigenvalue weighted by molar-refractivity contribution is 5.80. The van der Waals surface area contributed by atoms with Crippen LogP contribution < -0.4 is 5.32 Å². The van der Waals surface area contributed by atoms with Gasteiger partial charge in [-0.05, 0) is 31.6 Å². The molecule has 1 heterocycles. The molecule has 1 saturated carbocycles. The summed E-state index contributed by atoms with van der Waals surface area (Å²) in [5, 5.41) is 3.42. The Morgan fingerprint density at radius 1 is 1.23 bits per heavy atom. The average molecular weight is 310 g/mol. The van der Waals surface area contributed by atoms with E-state index < -0.39 is 0 Å². The molecule has 5 nitrogen and oxygen atoms in total. The quantitative estimate of drug-likeness (QED) is 0.420. The van der Waals surface area contributed by atoms with Gasteiger partial charge in [-0.1, -0.05) is 13.8 Å². The van der Waals surface area contributed by atoms with Crippen molar-refractivity contribution in [2.45, 2.75) is 33.6 Å². The molecular formula is C17H34N4O. The normalized spacial score (nSPS) is 20.7.